The number of piperidine rings is 1. The summed E-state index contributed by atoms with van der Waals surface area (Å²) >= 11 is 0. The van der Waals surface area contributed by atoms with Gasteiger partial charge in [0, 0.05) is 19.5 Å². The Morgan fingerprint density at radius 2 is 2.18 bits per heavy atom. The number of halogens is 3. The van der Waals surface area contributed by atoms with Crippen molar-refractivity contribution >= 4 is 11.9 Å². The van der Waals surface area contributed by atoms with Gasteiger partial charge in [-0.1, -0.05) is 0 Å². The zero-order valence-electron chi connectivity index (χ0n) is 11.6. The Morgan fingerprint density at radius 1 is 1.45 bits per heavy atom. The quantitative estimate of drug-likeness (QED) is 0.921. The fourth-order valence-electron chi connectivity index (χ4n) is 2.56. The molecule has 1 amide bonds. The number of carboxylic acids is 1. The summed E-state index contributed by atoms with van der Waals surface area (Å²) < 4.78 is 42.5. The van der Waals surface area contributed by atoms with E-state index in [0.29, 0.717) is 25.8 Å². The molecular weight excluding hydrogens is 305 g/mol. The van der Waals surface area contributed by atoms with Gasteiger partial charge in [0.15, 0.2) is 12.1 Å². The molecule has 22 heavy (non-hydrogen) atoms. The lowest BCUT2D eigenvalue weighted by Crippen LogP contribution is -2.40. The van der Waals surface area contributed by atoms with E-state index in [9.17, 15) is 22.8 Å². The topological polar surface area (TPSA) is 83.6 Å². The zero-order valence-corrected chi connectivity index (χ0v) is 11.6. The summed E-state index contributed by atoms with van der Waals surface area (Å²) in [5.74, 6) is -3.19. The molecule has 1 N–H and O–H groups in total. The van der Waals surface area contributed by atoms with Crippen LogP contribution >= 0.6 is 0 Å². The predicted octanol–water partition coefficient (Wildman–Crippen LogP) is 2.41. The normalized spacial score (nSPS) is 19.2. The third-order valence-corrected chi connectivity index (χ3v) is 3.60. The van der Waals surface area contributed by atoms with Crippen molar-refractivity contribution in [2.24, 2.45) is 5.92 Å². The van der Waals surface area contributed by atoms with Crippen molar-refractivity contribution in [3.05, 3.63) is 17.8 Å². The third-order valence-electron chi connectivity index (χ3n) is 3.60. The number of hydrogen-bond donors (Lipinski definition) is 1. The van der Waals surface area contributed by atoms with Crippen molar-refractivity contribution in [2.75, 3.05) is 13.1 Å². The Balaban J connectivity index is 2.06. The van der Waals surface area contributed by atoms with Gasteiger partial charge in [-0.2, -0.15) is 13.2 Å². The van der Waals surface area contributed by atoms with Crippen LogP contribution in [0.3, 0.4) is 0 Å². The summed E-state index contributed by atoms with van der Waals surface area (Å²) in [6, 6.07) is 0. The molecule has 1 aliphatic heterocycles. The second-order valence-corrected chi connectivity index (χ2v) is 5.22. The summed E-state index contributed by atoms with van der Waals surface area (Å²) in [5, 5.41) is 8.67. The number of oxazole rings is 1. The van der Waals surface area contributed by atoms with E-state index in [1.54, 1.807) is 0 Å². The van der Waals surface area contributed by atoms with Crippen molar-refractivity contribution in [3.63, 3.8) is 0 Å². The van der Waals surface area contributed by atoms with Gasteiger partial charge >= 0.3 is 12.1 Å². The number of nitrogens with zero attached hydrogens (tertiary/aromatic N) is 2. The lowest BCUT2D eigenvalue weighted by molar-refractivity contribution is -0.153. The Bertz CT molecular complexity index is 556. The smallest absolute Gasteiger partial charge is 0.452 e. The van der Waals surface area contributed by atoms with Gasteiger partial charge in [-0.25, -0.2) is 4.98 Å². The minimum absolute atomic E-state index is 0.0234. The summed E-state index contributed by atoms with van der Waals surface area (Å²) in [6.07, 6.45) is -2.44. The van der Waals surface area contributed by atoms with Crippen LogP contribution < -0.4 is 0 Å². The average molecular weight is 320 g/mol. The van der Waals surface area contributed by atoms with E-state index in [1.165, 1.54) is 4.90 Å². The Hall–Kier alpha value is -2.06. The summed E-state index contributed by atoms with van der Waals surface area (Å²) in [6.45, 7) is 0.558. The van der Waals surface area contributed by atoms with Gasteiger partial charge < -0.3 is 14.4 Å². The first-order chi connectivity index (χ1) is 10.3. The average Bonchev–Trinajstić information content (AvgIpc) is 2.94. The van der Waals surface area contributed by atoms with Crippen molar-refractivity contribution in [3.8, 4) is 0 Å². The number of carbonyl (C=O) groups excluding carboxylic acids is 1. The molecule has 0 spiro atoms. The maximum Gasteiger partial charge on any atom is 0.452 e. The maximum atomic E-state index is 12.7. The molecule has 1 fully saturated rings. The van der Waals surface area contributed by atoms with Gasteiger partial charge in [0.05, 0.1) is 0 Å². The monoisotopic (exact) mass is 320 g/mol. The number of likely N-dealkylation sites (tertiary alicyclic amines) is 1. The van der Waals surface area contributed by atoms with Crippen LogP contribution in [0.1, 0.15) is 41.9 Å². The van der Waals surface area contributed by atoms with Gasteiger partial charge in [-0.15, -0.1) is 0 Å². The second kappa shape index (κ2) is 6.37. The first-order valence-corrected chi connectivity index (χ1v) is 6.80. The van der Waals surface area contributed by atoms with Gasteiger partial charge in [0.1, 0.15) is 0 Å². The molecule has 0 radical (unpaired) electrons. The number of carbonyl (C=O) groups is 2. The van der Waals surface area contributed by atoms with E-state index in [1.807, 2.05) is 0 Å². The van der Waals surface area contributed by atoms with Crippen LogP contribution in [-0.2, 0) is 11.0 Å². The van der Waals surface area contributed by atoms with E-state index in [4.69, 9.17) is 5.11 Å². The highest BCUT2D eigenvalue weighted by Gasteiger charge is 2.42. The van der Waals surface area contributed by atoms with Gasteiger partial charge in [0.2, 0.25) is 5.76 Å². The minimum Gasteiger partial charge on any atom is -0.481 e. The van der Waals surface area contributed by atoms with E-state index in [2.05, 4.69) is 9.40 Å². The molecule has 0 aromatic carbocycles. The second-order valence-electron chi connectivity index (χ2n) is 5.22. The number of amides is 1. The van der Waals surface area contributed by atoms with Crippen molar-refractivity contribution < 1.29 is 32.3 Å². The number of carboxylic acid groups (broad SMARTS) is 1. The maximum absolute atomic E-state index is 12.7. The van der Waals surface area contributed by atoms with Crippen molar-refractivity contribution in [2.45, 2.75) is 31.9 Å². The number of aliphatic carboxylic acids is 1. The molecule has 1 saturated heterocycles. The van der Waals surface area contributed by atoms with E-state index >= 15 is 0 Å². The van der Waals surface area contributed by atoms with Crippen LogP contribution in [-0.4, -0.2) is 40.0 Å². The number of rotatable bonds is 4. The molecule has 0 saturated carbocycles. The third kappa shape index (κ3) is 3.77. The van der Waals surface area contributed by atoms with Crippen LogP contribution in [0.15, 0.2) is 10.8 Å². The molecule has 9 heteroatoms. The highest BCUT2D eigenvalue weighted by atomic mass is 19.4. The molecule has 0 aliphatic carbocycles. The van der Waals surface area contributed by atoms with Crippen LogP contribution in [0.2, 0.25) is 0 Å². The molecule has 2 rings (SSSR count). The molecule has 0 bridgehead atoms. The highest BCUT2D eigenvalue weighted by Crippen LogP contribution is 2.32. The molecule has 1 unspecified atom stereocenters. The van der Waals surface area contributed by atoms with E-state index in [-0.39, 0.29) is 18.9 Å². The van der Waals surface area contributed by atoms with Crippen LogP contribution in [0, 0.1) is 5.92 Å². The molecule has 122 valence electrons. The molecule has 1 aliphatic rings. The lowest BCUT2D eigenvalue weighted by Gasteiger charge is -2.32. The molecule has 1 aromatic heterocycles. The fraction of sp³-hybridized carbons (Fsp3) is 0.615. The first-order valence-electron chi connectivity index (χ1n) is 6.80. The molecule has 6 nitrogen and oxygen atoms in total. The summed E-state index contributed by atoms with van der Waals surface area (Å²) in [4.78, 5) is 27.4. The zero-order chi connectivity index (χ0) is 16.3. The largest absolute Gasteiger partial charge is 0.481 e. The summed E-state index contributed by atoms with van der Waals surface area (Å²) in [7, 11) is 0. The molecule has 1 atom stereocenters. The number of alkyl halides is 3. The van der Waals surface area contributed by atoms with Crippen LogP contribution in [0.4, 0.5) is 13.2 Å². The molecule has 2 heterocycles. The Morgan fingerprint density at radius 3 is 2.82 bits per heavy atom. The predicted molar refractivity (Wildman–Crippen MR) is 67.0 cm³/mol. The highest BCUT2D eigenvalue weighted by molar-refractivity contribution is 5.93. The SMILES string of the molecule is O=C(O)CCC1CCCN(C(=O)c2ncoc2C(F)(F)F)C1. The summed E-state index contributed by atoms with van der Waals surface area (Å²) in [5.41, 5.74) is -0.744. The van der Waals surface area contributed by atoms with E-state index < -0.39 is 29.5 Å². The van der Waals surface area contributed by atoms with Crippen molar-refractivity contribution in [1.82, 2.24) is 9.88 Å². The number of aromatic nitrogens is 1. The van der Waals surface area contributed by atoms with Crippen LogP contribution in [0.5, 0.6) is 0 Å². The first kappa shape index (κ1) is 16.3. The van der Waals surface area contributed by atoms with E-state index in [0.717, 1.165) is 6.42 Å². The minimum atomic E-state index is -4.78. The van der Waals surface area contributed by atoms with Gasteiger partial charge in [0.25, 0.3) is 5.91 Å². The number of hydrogen-bond acceptors (Lipinski definition) is 4. The lowest BCUT2D eigenvalue weighted by atomic mass is 9.93. The molecular formula is C13H15F3N2O4. The van der Waals surface area contributed by atoms with Crippen molar-refractivity contribution in [1.29, 1.82) is 0 Å². The molecule has 1 aromatic rings. The van der Waals surface area contributed by atoms with Gasteiger partial charge in [-0.05, 0) is 25.2 Å². The fourth-order valence-corrected chi connectivity index (χ4v) is 2.56. The van der Waals surface area contributed by atoms with Crippen LogP contribution in [0.25, 0.3) is 0 Å². The Kier molecular flexibility index (Phi) is 4.72. The standard InChI is InChI=1S/C13H15F3N2O4/c14-13(15,16)11-10(17-7-22-11)12(21)18-5-1-2-8(6-18)3-4-9(19)20/h7-8H,1-6H2,(H,19,20). The Labute approximate surface area is 123 Å². The van der Waals surface area contributed by atoms with Gasteiger partial charge in [-0.3, -0.25) is 9.59 Å².